The fraction of sp³-hybridized carbons (Fsp3) is 0.583. The van der Waals surface area contributed by atoms with Crippen molar-refractivity contribution >= 4 is 22.6 Å². The average Bonchev–Trinajstić information content (AvgIpc) is 3.47. The van der Waals surface area contributed by atoms with E-state index in [1.165, 1.54) is 28.7 Å². The minimum absolute atomic E-state index is 0.436. The Kier molecular flexibility index (Phi) is 7.54. The van der Waals surface area contributed by atoms with Gasteiger partial charge in [0.2, 0.25) is 0 Å². The molecule has 3 heterocycles. The number of fused-ring (bicyclic) bond motifs is 9. The summed E-state index contributed by atoms with van der Waals surface area (Å²) in [5.74, 6) is 1.31. The molecule has 0 aromatic carbocycles. The van der Waals surface area contributed by atoms with Gasteiger partial charge in [-0.25, -0.2) is 9.97 Å². The number of nitrogens with zero attached hydrogens (tertiary/aromatic N) is 2. The van der Waals surface area contributed by atoms with E-state index >= 15 is 0 Å². The van der Waals surface area contributed by atoms with E-state index in [0.29, 0.717) is 45.4 Å². The maximum atomic E-state index is 13.2. The van der Waals surface area contributed by atoms with Gasteiger partial charge in [-0.3, -0.25) is 4.21 Å². The summed E-state index contributed by atoms with van der Waals surface area (Å²) in [6.07, 6.45) is 6.43. The highest BCUT2D eigenvalue weighted by molar-refractivity contribution is 7.99. The summed E-state index contributed by atoms with van der Waals surface area (Å²) in [5, 5.41) is 1.84. The molecule has 0 spiro atoms. The van der Waals surface area contributed by atoms with E-state index in [0.717, 1.165) is 59.3 Å². The molecule has 1 atom stereocenters. The Balaban J connectivity index is 1.50. The zero-order valence-electron chi connectivity index (χ0n) is 18.4. The van der Waals surface area contributed by atoms with Gasteiger partial charge in [-0.05, 0) is 72.9 Å². The fourth-order valence-electron chi connectivity index (χ4n) is 4.63. The molecule has 0 radical (unpaired) electrons. The number of pyridine rings is 2. The Bertz CT molecular complexity index is 998. The van der Waals surface area contributed by atoms with Gasteiger partial charge < -0.3 is 14.2 Å². The molecule has 4 bridgehead atoms. The zero-order valence-corrected chi connectivity index (χ0v) is 20.0. The Morgan fingerprint density at radius 2 is 1.38 bits per heavy atom. The van der Waals surface area contributed by atoms with Crippen molar-refractivity contribution in [1.82, 2.24) is 9.97 Å². The highest BCUT2D eigenvalue weighted by Crippen LogP contribution is 2.35. The predicted molar refractivity (Wildman–Crippen MR) is 126 cm³/mol. The molecule has 0 amide bonds. The lowest BCUT2D eigenvalue weighted by Gasteiger charge is -2.14. The number of aromatic nitrogens is 2. The van der Waals surface area contributed by atoms with Crippen molar-refractivity contribution in [3.05, 3.63) is 34.4 Å². The van der Waals surface area contributed by atoms with Crippen molar-refractivity contribution < 1.29 is 18.4 Å². The Morgan fingerprint density at radius 3 is 2.16 bits per heavy atom. The molecule has 2 aromatic heterocycles. The minimum Gasteiger partial charge on any atom is -0.378 e. The van der Waals surface area contributed by atoms with E-state index in [1.807, 2.05) is 0 Å². The standard InChI is InChI=1S/C24H30N2O4S2/c27-32-14-12-30-10-8-28-7-9-29-11-13-31-23-19-5-1-3-17(19)15-21(25-23)22-16-18-4-2-6-20(18)24(32)26-22/h15-16H,1-14H2. The van der Waals surface area contributed by atoms with Crippen LogP contribution in [0.5, 0.6) is 0 Å². The summed E-state index contributed by atoms with van der Waals surface area (Å²) in [6.45, 7) is 3.27. The van der Waals surface area contributed by atoms with Crippen LogP contribution >= 0.6 is 11.8 Å². The van der Waals surface area contributed by atoms with Crippen molar-refractivity contribution in [2.24, 2.45) is 0 Å². The third kappa shape index (κ3) is 5.09. The highest BCUT2D eigenvalue weighted by Gasteiger charge is 2.24. The number of thioether (sulfide) groups is 1. The van der Waals surface area contributed by atoms with Gasteiger partial charge in [-0.1, -0.05) is 0 Å². The van der Waals surface area contributed by atoms with Crippen molar-refractivity contribution in [2.45, 2.75) is 48.6 Å². The van der Waals surface area contributed by atoms with Gasteiger partial charge in [0.15, 0.2) is 0 Å². The topological polar surface area (TPSA) is 70.5 Å². The first-order valence-corrected chi connectivity index (χ1v) is 13.9. The SMILES string of the molecule is O=S1CCOCCOCCOCCSc2nc(cc3c2CCC3)-c2cc3c(c1n2)CCC3. The van der Waals surface area contributed by atoms with Gasteiger partial charge in [0.25, 0.3) is 0 Å². The van der Waals surface area contributed by atoms with E-state index in [1.54, 1.807) is 11.8 Å². The van der Waals surface area contributed by atoms with Crippen LogP contribution in [0.2, 0.25) is 0 Å². The van der Waals surface area contributed by atoms with Crippen LogP contribution in [0.3, 0.4) is 0 Å². The summed E-state index contributed by atoms with van der Waals surface area (Å²) in [7, 11) is -1.19. The molecule has 0 saturated carbocycles. The van der Waals surface area contributed by atoms with Gasteiger partial charge in [-0.15, -0.1) is 11.8 Å². The molecule has 32 heavy (non-hydrogen) atoms. The summed E-state index contributed by atoms with van der Waals surface area (Å²) in [4.78, 5) is 9.97. The van der Waals surface area contributed by atoms with Crippen LogP contribution in [0.1, 0.15) is 35.1 Å². The maximum absolute atomic E-state index is 13.2. The lowest BCUT2D eigenvalue weighted by Crippen LogP contribution is -2.14. The second-order valence-corrected chi connectivity index (χ2v) is 10.9. The number of hydrogen-bond acceptors (Lipinski definition) is 7. The number of aryl methyl sites for hydroxylation is 2. The van der Waals surface area contributed by atoms with Crippen molar-refractivity contribution in [3.63, 3.8) is 0 Å². The molecule has 0 saturated heterocycles. The van der Waals surface area contributed by atoms with Crippen LogP contribution in [0.25, 0.3) is 11.4 Å². The van der Waals surface area contributed by atoms with Gasteiger partial charge >= 0.3 is 0 Å². The lowest BCUT2D eigenvalue weighted by atomic mass is 10.1. The number of rotatable bonds is 0. The molecule has 1 aliphatic heterocycles. The minimum atomic E-state index is -1.19. The van der Waals surface area contributed by atoms with Crippen LogP contribution in [0.4, 0.5) is 0 Å². The molecule has 1 unspecified atom stereocenters. The first kappa shape index (κ1) is 22.5. The van der Waals surface area contributed by atoms with Gasteiger partial charge in [0, 0.05) is 5.75 Å². The number of ether oxygens (including phenoxy) is 3. The van der Waals surface area contributed by atoms with Crippen LogP contribution in [-0.2, 0) is 50.7 Å². The second-order valence-electron chi connectivity index (χ2n) is 8.34. The maximum Gasteiger partial charge on any atom is 0.131 e. The molecule has 5 rings (SSSR count). The van der Waals surface area contributed by atoms with E-state index < -0.39 is 10.8 Å². The fourth-order valence-corrected chi connectivity index (χ4v) is 6.77. The lowest BCUT2D eigenvalue weighted by molar-refractivity contribution is 0.0204. The molecule has 2 aliphatic carbocycles. The van der Waals surface area contributed by atoms with Crippen molar-refractivity contribution in [3.8, 4) is 11.4 Å². The van der Waals surface area contributed by atoms with Crippen LogP contribution < -0.4 is 0 Å². The molecule has 172 valence electrons. The summed E-state index contributed by atoms with van der Waals surface area (Å²) in [6, 6.07) is 4.39. The third-order valence-electron chi connectivity index (χ3n) is 6.20. The molecule has 3 aliphatic rings. The quantitative estimate of drug-likeness (QED) is 0.580. The zero-order chi connectivity index (χ0) is 21.8. The van der Waals surface area contributed by atoms with Crippen molar-refractivity contribution in [1.29, 1.82) is 0 Å². The molecule has 6 nitrogen and oxygen atoms in total. The monoisotopic (exact) mass is 474 g/mol. The Morgan fingerprint density at radius 1 is 0.750 bits per heavy atom. The molecule has 8 heteroatoms. The second kappa shape index (κ2) is 10.7. The van der Waals surface area contributed by atoms with Crippen LogP contribution in [0.15, 0.2) is 22.2 Å². The van der Waals surface area contributed by atoms with Gasteiger partial charge in [-0.2, -0.15) is 0 Å². The summed E-state index contributed by atoms with van der Waals surface area (Å²) < 4.78 is 30.1. The molecule has 0 N–H and O–H groups in total. The summed E-state index contributed by atoms with van der Waals surface area (Å²) in [5.41, 5.74) is 6.99. The average molecular weight is 475 g/mol. The normalized spacial score (nSPS) is 22.4. The van der Waals surface area contributed by atoms with Crippen LogP contribution in [-0.4, -0.2) is 65.3 Å². The van der Waals surface area contributed by atoms with E-state index in [9.17, 15) is 4.21 Å². The Labute approximate surface area is 196 Å². The number of hydrogen-bond donors (Lipinski definition) is 0. The molecule has 0 fully saturated rings. The highest BCUT2D eigenvalue weighted by atomic mass is 32.2. The van der Waals surface area contributed by atoms with Gasteiger partial charge in [0.1, 0.15) is 10.1 Å². The van der Waals surface area contributed by atoms with Gasteiger partial charge in [0.05, 0.1) is 67.6 Å². The summed E-state index contributed by atoms with van der Waals surface area (Å²) >= 11 is 1.77. The van der Waals surface area contributed by atoms with E-state index in [2.05, 4.69) is 12.1 Å². The largest absolute Gasteiger partial charge is 0.378 e. The van der Waals surface area contributed by atoms with E-state index in [4.69, 9.17) is 24.2 Å². The first-order valence-electron chi connectivity index (χ1n) is 11.6. The smallest absolute Gasteiger partial charge is 0.131 e. The third-order valence-corrected chi connectivity index (χ3v) is 8.49. The molecule has 2 aromatic rings. The van der Waals surface area contributed by atoms with Crippen molar-refractivity contribution in [2.75, 3.05) is 51.1 Å². The first-order chi connectivity index (χ1) is 15.8. The molecular weight excluding hydrogens is 444 g/mol. The molecular formula is C24H30N2O4S2. The van der Waals surface area contributed by atoms with E-state index in [-0.39, 0.29) is 0 Å². The predicted octanol–water partition coefficient (Wildman–Crippen LogP) is 3.38. The Hall–Kier alpha value is -1.32. The van der Waals surface area contributed by atoms with Crippen LogP contribution in [0, 0.1) is 0 Å².